The zero-order chi connectivity index (χ0) is 14.8. The van der Waals surface area contributed by atoms with Gasteiger partial charge in [-0.1, -0.05) is 31.5 Å². The van der Waals surface area contributed by atoms with Gasteiger partial charge in [0.05, 0.1) is 5.56 Å². The first kappa shape index (κ1) is 15.0. The van der Waals surface area contributed by atoms with E-state index in [9.17, 15) is 13.2 Å². The number of aromatic nitrogens is 1. The Hall–Kier alpha value is -1.37. The monoisotopic (exact) mass is 303 g/mol. The summed E-state index contributed by atoms with van der Waals surface area (Å²) in [5.74, 6) is 0.785. The molecule has 0 saturated heterocycles. The van der Waals surface area contributed by atoms with Gasteiger partial charge in [-0.2, -0.15) is 13.2 Å². The van der Waals surface area contributed by atoms with Crippen LogP contribution in [0.5, 0.6) is 0 Å². The molecule has 0 aromatic carbocycles. The van der Waals surface area contributed by atoms with Crippen LogP contribution < -0.4 is 11.1 Å². The van der Waals surface area contributed by atoms with Gasteiger partial charge < -0.3 is 11.1 Å². The fraction of sp³-hybridized carbons (Fsp3) is 0.538. The van der Waals surface area contributed by atoms with E-state index in [2.05, 4.69) is 10.3 Å². The maximum Gasteiger partial charge on any atom is 0.433 e. The minimum Gasteiger partial charge on any atom is -0.389 e. The Balaban J connectivity index is 2.11. The van der Waals surface area contributed by atoms with Gasteiger partial charge in [0, 0.05) is 6.54 Å². The first-order valence-corrected chi connectivity index (χ1v) is 6.90. The molecular formula is C13H16F3N3S. The van der Waals surface area contributed by atoms with Crippen LogP contribution in [0.15, 0.2) is 12.1 Å². The summed E-state index contributed by atoms with van der Waals surface area (Å²) >= 11 is 4.84. The van der Waals surface area contributed by atoms with Crippen molar-refractivity contribution in [3.8, 4) is 0 Å². The van der Waals surface area contributed by atoms with Crippen molar-refractivity contribution in [2.24, 2.45) is 11.7 Å². The molecule has 0 aliphatic heterocycles. The van der Waals surface area contributed by atoms with Crippen LogP contribution in [-0.4, -0.2) is 16.5 Å². The van der Waals surface area contributed by atoms with E-state index in [1.807, 2.05) is 0 Å². The van der Waals surface area contributed by atoms with Gasteiger partial charge in [-0.05, 0) is 24.5 Å². The molecule has 0 radical (unpaired) electrons. The first-order chi connectivity index (χ1) is 9.38. The van der Waals surface area contributed by atoms with Crippen molar-refractivity contribution < 1.29 is 13.2 Å². The second-order valence-corrected chi connectivity index (χ2v) is 5.41. The molecule has 0 spiro atoms. The lowest BCUT2D eigenvalue weighted by Crippen LogP contribution is -2.20. The fourth-order valence-electron chi connectivity index (χ4n) is 2.13. The van der Waals surface area contributed by atoms with Crippen LogP contribution in [0.25, 0.3) is 0 Å². The predicted molar refractivity (Wildman–Crippen MR) is 75.6 cm³/mol. The topological polar surface area (TPSA) is 50.9 Å². The molecule has 1 saturated carbocycles. The zero-order valence-electron chi connectivity index (χ0n) is 10.8. The summed E-state index contributed by atoms with van der Waals surface area (Å²) in [6.45, 7) is 0.578. The summed E-state index contributed by atoms with van der Waals surface area (Å²) in [5.41, 5.74) is 4.92. The molecule has 110 valence electrons. The van der Waals surface area contributed by atoms with Crippen molar-refractivity contribution in [1.82, 2.24) is 4.98 Å². The second-order valence-electron chi connectivity index (χ2n) is 4.97. The number of alkyl halides is 3. The van der Waals surface area contributed by atoms with E-state index in [4.69, 9.17) is 18.0 Å². The number of rotatable bonds is 5. The number of pyridine rings is 1. The molecule has 1 aromatic heterocycles. The van der Waals surface area contributed by atoms with Gasteiger partial charge >= 0.3 is 6.18 Å². The van der Waals surface area contributed by atoms with Crippen LogP contribution in [0.2, 0.25) is 0 Å². The lowest BCUT2D eigenvalue weighted by molar-refractivity contribution is -0.141. The molecule has 0 amide bonds. The van der Waals surface area contributed by atoms with Gasteiger partial charge in [0.15, 0.2) is 0 Å². The van der Waals surface area contributed by atoms with Gasteiger partial charge in [-0.15, -0.1) is 0 Å². The average Bonchev–Trinajstić information content (AvgIpc) is 2.30. The number of nitrogens with one attached hydrogen (secondary N) is 1. The summed E-state index contributed by atoms with van der Waals surface area (Å²) in [7, 11) is 0. The lowest BCUT2D eigenvalue weighted by atomic mass is 9.83. The van der Waals surface area contributed by atoms with Gasteiger partial charge in [0.1, 0.15) is 16.5 Å². The normalized spacial score (nSPS) is 15.8. The van der Waals surface area contributed by atoms with E-state index >= 15 is 0 Å². The highest BCUT2D eigenvalue weighted by Gasteiger charge is 2.33. The van der Waals surface area contributed by atoms with Crippen molar-refractivity contribution >= 4 is 23.0 Å². The smallest absolute Gasteiger partial charge is 0.389 e. The summed E-state index contributed by atoms with van der Waals surface area (Å²) in [4.78, 5) is 3.64. The van der Waals surface area contributed by atoms with Gasteiger partial charge in [0.2, 0.25) is 0 Å². The molecule has 2 rings (SSSR count). The van der Waals surface area contributed by atoms with E-state index in [0.717, 1.165) is 12.5 Å². The highest BCUT2D eigenvalue weighted by Crippen LogP contribution is 2.31. The van der Waals surface area contributed by atoms with Crippen molar-refractivity contribution in [3.05, 3.63) is 23.4 Å². The SMILES string of the molecule is NC(=S)c1ccc(C(F)(F)F)nc1NCCC1CCC1. The Morgan fingerprint density at radius 1 is 1.40 bits per heavy atom. The van der Waals surface area contributed by atoms with Crippen LogP contribution in [-0.2, 0) is 6.18 Å². The lowest BCUT2D eigenvalue weighted by Gasteiger charge is -2.25. The average molecular weight is 303 g/mol. The van der Waals surface area contributed by atoms with Gasteiger partial charge in [-0.25, -0.2) is 4.98 Å². The van der Waals surface area contributed by atoms with Gasteiger partial charge in [0.25, 0.3) is 0 Å². The number of anilines is 1. The molecule has 0 unspecified atom stereocenters. The summed E-state index contributed by atoms with van der Waals surface area (Å²) in [6, 6.07) is 2.16. The molecule has 1 aliphatic carbocycles. The van der Waals surface area contributed by atoms with Crippen LogP contribution in [0.4, 0.5) is 19.0 Å². The number of hydrogen-bond acceptors (Lipinski definition) is 3. The third-order valence-corrected chi connectivity index (χ3v) is 3.74. The highest BCUT2D eigenvalue weighted by atomic mass is 32.1. The molecule has 20 heavy (non-hydrogen) atoms. The second kappa shape index (κ2) is 5.95. The van der Waals surface area contributed by atoms with E-state index in [1.165, 1.54) is 25.3 Å². The third kappa shape index (κ3) is 3.59. The maximum absolute atomic E-state index is 12.7. The molecule has 0 atom stereocenters. The Labute approximate surface area is 120 Å². The highest BCUT2D eigenvalue weighted by molar-refractivity contribution is 7.80. The zero-order valence-corrected chi connectivity index (χ0v) is 11.7. The molecule has 0 bridgehead atoms. The molecule has 3 nitrogen and oxygen atoms in total. The number of nitrogens with zero attached hydrogens (tertiary/aromatic N) is 1. The number of nitrogens with two attached hydrogens (primary N) is 1. The van der Waals surface area contributed by atoms with E-state index in [-0.39, 0.29) is 10.8 Å². The van der Waals surface area contributed by atoms with E-state index < -0.39 is 11.9 Å². The number of thiocarbonyl (C=S) groups is 1. The molecule has 1 aliphatic rings. The van der Waals surface area contributed by atoms with Crippen LogP contribution in [0.3, 0.4) is 0 Å². The molecule has 1 heterocycles. The predicted octanol–water partition coefficient (Wildman–Crippen LogP) is 3.34. The van der Waals surface area contributed by atoms with Crippen molar-refractivity contribution in [1.29, 1.82) is 0 Å². The van der Waals surface area contributed by atoms with Crippen molar-refractivity contribution in [3.63, 3.8) is 0 Å². The van der Waals surface area contributed by atoms with Crippen LogP contribution in [0.1, 0.15) is 36.9 Å². The molecule has 1 fully saturated rings. The minimum atomic E-state index is -4.47. The molecule has 3 N–H and O–H groups in total. The van der Waals surface area contributed by atoms with E-state index in [0.29, 0.717) is 18.0 Å². The Morgan fingerprint density at radius 2 is 2.10 bits per heavy atom. The number of hydrogen-bond donors (Lipinski definition) is 2. The quantitative estimate of drug-likeness (QED) is 0.819. The molecule has 7 heteroatoms. The van der Waals surface area contributed by atoms with Crippen LogP contribution >= 0.6 is 12.2 Å². The number of halogens is 3. The summed E-state index contributed by atoms with van der Waals surface area (Å²) < 4.78 is 38.0. The van der Waals surface area contributed by atoms with Crippen molar-refractivity contribution in [2.75, 3.05) is 11.9 Å². The molecular weight excluding hydrogens is 287 g/mol. The molecule has 1 aromatic rings. The Kier molecular flexibility index (Phi) is 4.47. The maximum atomic E-state index is 12.7. The largest absolute Gasteiger partial charge is 0.433 e. The summed E-state index contributed by atoms with van der Waals surface area (Å²) in [6.07, 6.45) is 0.0815. The van der Waals surface area contributed by atoms with E-state index in [1.54, 1.807) is 0 Å². The summed E-state index contributed by atoms with van der Waals surface area (Å²) in [5, 5.41) is 2.93. The van der Waals surface area contributed by atoms with Gasteiger partial charge in [-0.3, -0.25) is 0 Å². The standard InChI is InChI=1S/C13H16F3N3S/c14-13(15,16)10-5-4-9(11(17)20)12(19-10)18-7-6-8-2-1-3-8/h4-5,8H,1-3,6-7H2,(H2,17,20)(H,18,19). The van der Waals surface area contributed by atoms with Crippen LogP contribution in [0, 0.1) is 5.92 Å². The Bertz CT molecular complexity index is 498. The van der Waals surface area contributed by atoms with Crippen molar-refractivity contribution in [2.45, 2.75) is 31.9 Å². The minimum absolute atomic E-state index is 0.0392. The first-order valence-electron chi connectivity index (χ1n) is 6.50. The third-order valence-electron chi connectivity index (χ3n) is 3.52. The fourth-order valence-corrected chi connectivity index (χ4v) is 2.29. The Morgan fingerprint density at radius 3 is 2.60 bits per heavy atom.